The minimum absolute atomic E-state index is 0.104. The average Bonchev–Trinajstić information content (AvgIpc) is 3.19. The lowest BCUT2D eigenvalue weighted by molar-refractivity contribution is -0.134. The number of amides is 2. The van der Waals surface area contributed by atoms with Crippen molar-refractivity contribution in [1.82, 2.24) is 19.7 Å². The van der Waals surface area contributed by atoms with E-state index in [2.05, 4.69) is 45.3 Å². The number of carboxylic acid groups (broad SMARTS) is 1. The summed E-state index contributed by atoms with van der Waals surface area (Å²) in [5, 5.41) is 10.7. The molecule has 4 rings (SSSR count). The third-order valence-corrected chi connectivity index (χ3v) is 8.55. The van der Waals surface area contributed by atoms with Crippen LogP contribution in [0.4, 0.5) is 4.79 Å². The summed E-state index contributed by atoms with van der Waals surface area (Å²) >= 11 is 3.76. The smallest absolute Gasteiger partial charge is 0.408 e. The Morgan fingerprint density at radius 3 is 2.38 bits per heavy atom. The van der Waals surface area contributed by atoms with Crippen LogP contribution in [0, 0.1) is 11.8 Å². The minimum Gasteiger partial charge on any atom is -0.483 e. The quantitative estimate of drug-likeness (QED) is 0.422. The monoisotopic (exact) mass is 646 g/mol. The topological polar surface area (TPSA) is 121 Å². The number of hydrogen-bond acceptors (Lipinski definition) is 6. The number of aromatic nitrogens is 1. The van der Waals surface area contributed by atoms with Crippen molar-refractivity contribution in [2.75, 3.05) is 26.7 Å². The third kappa shape index (κ3) is 6.72. The molecule has 0 fully saturated rings. The first kappa shape index (κ1) is 33.3. The molecule has 10 nitrogen and oxygen atoms in total. The number of hydrogen-bond donors (Lipinski definition) is 2. The van der Waals surface area contributed by atoms with Crippen molar-refractivity contribution in [3.05, 3.63) is 40.0 Å². The molecule has 1 aromatic heterocycles. The van der Waals surface area contributed by atoms with E-state index < -0.39 is 17.7 Å². The van der Waals surface area contributed by atoms with Crippen LogP contribution in [0.25, 0.3) is 16.5 Å². The van der Waals surface area contributed by atoms with Crippen LogP contribution in [0.2, 0.25) is 0 Å². The van der Waals surface area contributed by atoms with Crippen molar-refractivity contribution in [3.63, 3.8) is 0 Å². The number of carbonyl (C=O) groups excluding carboxylic acids is 3. The molecule has 42 heavy (non-hydrogen) atoms. The van der Waals surface area contributed by atoms with Crippen molar-refractivity contribution in [1.29, 1.82) is 0 Å². The molecular weight excluding hydrogens is 604 g/mol. The van der Waals surface area contributed by atoms with Gasteiger partial charge in [0.05, 0.1) is 16.0 Å². The lowest BCUT2D eigenvalue weighted by Crippen LogP contribution is -2.48. The number of nitrogens with one attached hydrogen (secondary N) is 1. The van der Waals surface area contributed by atoms with Crippen LogP contribution >= 0.6 is 15.9 Å². The fourth-order valence-electron chi connectivity index (χ4n) is 5.82. The van der Waals surface area contributed by atoms with Gasteiger partial charge in [0, 0.05) is 31.1 Å². The normalized spacial score (nSPS) is 18.8. The van der Waals surface area contributed by atoms with E-state index in [0.717, 1.165) is 27.6 Å². The Hall–Kier alpha value is -3.18. The second kappa shape index (κ2) is 13.4. The summed E-state index contributed by atoms with van der Waals surface area (Å²) in [6, 6.07) is 5.32. The highest BCUT2D eigenvalue weighted by molar-refractivity contribution is 9.10. The van der Waals surface area contributed by atoms with Crippen molar-refractivity contribution in [2.45, 2.75) is 72.6 Å². The zero-order chi connectivity index (χ0) is 31.5. The fraction of sp³-hybridized carbons (Fsp3) is 0.548. The molecule has 2 amide bonds. The molecule has 2 aliphatic rings. The van der Waals surface area contributed by atoms with E-state index in [9.17, 15) is 14.4 Å². The molecule has 2 N–H and O–H groups in total. The van der Waals surface area contributed by atoms with Gasteiger partial charge in [0.25, 0.3) is 12.4 Å². The zero-order valence-corrected chi connectivity index (χ0v) is 27.3. The Labute approximate surface area is 256 Å². The summed E-state index contributed by atoms with van der Waals surface area (Å²) in [4.78, 5) is 52.4. The van der Waals surface area contributed by atoms with Crippen LogP contribution in [0.3, 0.4) is 0 Å². The van der Waals surface area contributed by atoms with Gasteiger partial charge in [0.2, 0.25) is 5.91 Å². The largest absolute Gasteiger partial charge is 0.483 e. The molecular formula is C31H43BrN4O6. The molecule has 11 heteroatoms. The summed E-state index contributed by atoms with van der Waals surface area (Å²) in [7, 11) is 2.07. The summed E-state index contributed by atoms with van der Waals surface area (Å²) < 4.78 is 7.84. The lowest BCUT2D eigenvalue weighted by Gasteiger charge is -2.40. The molecule has 1 aliphatic heterocycles. The molecule has 0 saturated carbocycles. The van der Waals surface area contributed by atoms with Gasteiger partial charge in [-0.25, -0.2) is 4.79 Å². The van der Waals surface area contributed by atoms with E-state index in [1.54, 1.807) is 25.3 Å². The molecule has 0 saturated heterocycles. The van der Waals surface area contributed by atoms with E-state index in [-0.39, 0.29) is 36.2 Å². The van der Waals surface area contributed by atoms with E-state index in [4.69, 9.17) is 14.6 Å². The van der Waals surface area contributed by atoms with E-state index >= 15 is 0 Å². The van der Waals surface area contributed by atoms with Gasteiger partial charge < -0.3 is 20.1 Å². The molecule has 230 valence electrons. The second-order valence-corrected chi connectivity index (χ2v) is 12.8. The van der Waals surface area contributed by atoms with Gasteiger partial charge in [0.15, 0.2) is 0 Å². The number of alkyl carbamates (subject to hydrolysis) is 1. The summed E-state index contributed by atoms with van der Waals surface area (Å²) in [6.45, 7) is 15.0. The molecule has 0 spiro atoms. The first-order valence-electron chi connectivity index (χ1n) is 14.3. The van der Waals surface area contributed by atoms with Gasteiger partial charge in [-0.2, -0.15) is 0 Å². The predicted octanol–water partition coefficient (Wildman–Crippen LogP) is 5.03. The molecule has 0 radical (unpaired) electrons. The average molecular weight is 648 g/mol. The Bertz CT molecular complexity index is 1370. The Morgan fingerprint density at radius 1 is 1.21 bits per heavy atom. The minimum atomic E-state index is -0.774. The van der Waals surface area contributed by atoms with Crippen LogP contribution in [0.1, 0.15) is 64.4 Å². The van der Waals surface area contributed by atoms with Gasteiger partial charge >= 0.3 is 6.09 Å². The van der Waals surface area contributed by atoms with Gasteiger partial charge in [0.1, 0.15) is 11.6 Å². The number of likely N-dealkylation sites (N-methyl/N-ethyl adjacent to an activating group) is 1. The maximum absolute atomic E-state index is 14.0. The van der Waals surface area contributed by atoms with Crippen molar-refractivity contribution in [2.24, 2.45) is 11.8 Å². The summed E-state index contributed by atoms with van der Waals surface area (Å²) in [5.74, 6) is -0.446. The van der Waals surface area contributed by atoms with Crippen LogP contribution in [-0.4, -0.2) is 88.2 Å². The van der Waals surface area contributed by atoms with Crippen molar-refractivity contribution in [3.8, 4) is 0 Å². The molecule has 2 heterocycles. The number of nitrogens with zero attached hydrogens (tertiary/aromatic N) is 3. The highest BCUT2D eigenvalue weighted by Gasteiger charge is 2.39. The number of halogens is 1. The standard InChI is InChI=1S/C30H41BrN4O4.CH2O2/c1-9-34(10-2)27(36)18-14-20-19-12-11-13-22-24(19)21(15-23(20)33(8)16-18)26(31)35(22)28(37)25(17(3)4)32-29(38)39-30(5,6)7;2-1-3/h11-14,17-18,23,25H,9-10,15-16H2,1-8H3,(H,32,38);1H,(H,2,3)/t18-,23-,25+;/m1./s1. The van der Waals surface area contributed by atoms with E-state index in [0.29, 0.717) is 30.7 Å². The van der Waals surface area contributed by atoms with E-state index in [1.807, 2.05) is 44.7 Å². The summed E-state index contributed by atoms with van der Waals surface area (Å²) in [5.41, 5.74) is 3.37. The highest BCUT2D eigenvalue weighted by atomic mass is 79.9. The first-order valence-corrected chi connectivity index (χ1v) is 15.1. The molecule has 0 bridgehead atoms. The number of carbonyl (C=O) groups is 4. The number of rotatable bonds is 6. The van der Waals surface area contributed by atoms with E-state index in [1.165, 1.54) is 0 Å². The molecule has 3 atom stereocenters. The van der Waals surface area contributed by atoms with Gasteiger partial charge in [-0.3, -0.25) is 23.9 Å². The van der Waals surface area contributed by atoms with Crippen molar-refractivity contribution < 1.29 is 29.0 Å². The number of fused-ring (bicyclic) bond motifs is 2. The third-order valence-electron chi connectivity index (χ3n) is 7.71. The maximum atomic E-state index is 14.0. The van der Waals surface area contributed by atoms with Crippen LogP contribution < -0.4 is 5.32 Å². The highest BCUT2D eigenvalue weighted by Crippen LogP contribution is 2.45. The lowest BCUT2D eigenvalue weighted by atomic mass is 9.79. The molecule has 1 aromatic carbocycles. The van der Waals surface area contributed by atoms with Gasteiger partial charge in [-0.1, -0.05) is 32.1 Å². The Kier molecular flexibility index (Phi) is 10.6. The van der Waals surface area contributed by atoms with Gasteiger partial charge in [-0.05, 0) is 92.7 Å². The predicted molar refractivity (Wildman–Crippen MR) is 166 cm³/mol. The van der Waals surface area contributed by atoms with Gasteiger partial charge in [-0.15, -0.1) is 0 Å². The molecule has 0 unspecified atom stereocenters. The fourth-order valence-corrected chi connectivity index (χ4v) is 6.55. The maximum Gasteiger partial charge on any atom is 0.408 e. The second-order valence-electron chi connectivity index (χ2n) is 12.0. The molecule has 2 aromatic rings. The Balaban J connectivity index is 0.00000155. The summed E-state index contributed by atoms with van der Waals surface area (Å²) in [6.07, 6.45) is 2.25. The van der Waals surface area contributed by atoms with Crippen molar-refractivity contribution >= 4 is 56.8 Å². The zero-order valence-electron chi connectivity index (χ0n) is 25.7. The first-order chi connectivity index (χ1) is 19.7. The molecule has 1 aliphatic carbocycles. The number of ether oxygens (including phenoxy) is 1. The SMILES string of the molecule is CCN(CC)C(=O)[C@@H]1C=C2c3cccc4c3c(c(Br)n4C(=O)[C@@H](NC(=O)OC(C)(C)C)C(C)C)C[C@H]2N(C)C1.O=CO. The van der Waals surface area contributed by atoms with Crippen LogP contribution in [-0.2, 0) is 20.7 Å². The Morgan fingerprint density at radius 2 is 1.83 bits per heavy atom. The van der Waals surface area contributed by atoms with Crippen LogP contribution in [0.5, 0.6) is 0 Å². The van der Waals surface area contributed by atoms with Crippen LogP contribution in [0.15, 0.2) is 28.9 Å². The number of benzene rings is 1.